The molecule has 2 rings (SSSR count). The molecule has 0 fully saturated rings. The van der Waals surface area contributed by atoms with E-state index in [1.54, 1.807) is 50.6 Å². The maximum Gasteiger partial charge on any atom is 0.185 e. The summed E-state index contributed by atoms with van der Waals surface area (Å²) in [7, 11) is 3.19. The van der Waals surface area contributed by atoms with Crippen LogP contribution in [0, 0.1) is 0 Å². The quantitative estimate of drug-likeness (QED) is 0.572. The van der Waals surface area contributed by atoms with Gasteiger partial charge in [-0.15, -0.1) is 0 Å². The van der Waals surface area contributed by atoms with Crippen LogP contribution in [-0.4, -0.2) is 26.6 Å². The summed E-state index contributed by atoms with van der Waals surface area (Å²) in [5.74, 6) is 2.06. The number of ether oxygens (including phenoxy) is 3. The molecule has 0 spiro atoms. The van der Waals surface area contributed by atoms with Gasteiger partial charge >= 0.3 is 0 Å². The van der Waals surface area contributed by atoms with Crippen molar-refractivity contribution >= 4 is 11.9 Å². The largest absolute Gasteiger partial charge is 0.497 e. The van der Waals surface area contributed by atoms with E-state index in [1.807, 2.05) is 19.1 Å². The van der Waals surface area contributed by atoms with Crippen LogP contribution in [0.1, 0.15) is 22.8 Å². The molecule has 0 bridgehead atoms. The molecule has 0 saturated heterocycles. The van der Waals surface area contributed by atoms with Gasteiger partial charge in [0.15, 0.2) is 5.78 Å². The Bertz CT molecular complexity index is 687. The molecule has 0 radical (unpaired) electrons. The second-order valence-corrected chi connectivity index (χ2v) is 4.76. The van der Waals surface area contributed by atoms with E-state index in [9.17, 15) is 4.79 Å². The van der Waals surface area contributed by atoms with Gasteiger partial charge in [0, 0.05) is 11.1 Å². The fourth-order valence-electron chi connectivity index (χ4n) is 2.11. The van der Waals surface area contributed by atoms with Gasteiger partial charge in [-0.3, -0.25) is 4.79 Å². The van der Waals surface area contributed by atoms with Crippen LogP contribution in [0.2, 0.25) is 0 Å². The summed E-state index contributed by atoms with van der Waals surface area (Å²) >= 11 is 0. The highest BCUT2D eigenvalue weighted by Crippen LogP contribution is 2.25. The summed E-state index contributed by atoms with van der Waals surface area (Å²) in [6.07, 6.45) is 3.24. The first-order valence-electron chi connectivity index (χ1n) is 7.35. The third-order valence-corrected chi connectivity index (χ3v) is 3.30. The van der Waals surface area contributed by atoms with Gasteiger partial charge in [0.1, 0.15) is 17.2 Å². The molecule has 0 amide bonds. The molecule has 0 N–H and O–H groups in total. The molecule has 2 aromatic carbocycles. The number of hydrogen-bond donors (Lipinski definition) is 0. The molecule has 0 unspecified atom stereocenters. The van der Waals surface area contributed by atoms with E-state index in [2.05, 4.69) is 0 Å². The lowest BCUT2D eigenvalue weighted by Gasteiger charge is -2.07. The Morgan fingerprint density at radius 2 is 1.70 bits per heavy atom. The zero-order valence-electron chi connectivity index (χ0n) is 13.5. The van der Waals surface area contributed by atoms with E-state index in [1.165, 1.54) is 6.08 Å². The molecule has 0 aliphatic carbocycles. The number of benzene rings is 2. The molecule has 0 aliphatic heterocycles. The van der Waals surface area contributed by atoms with Crippen LogP contribution in [0.4, 0.5) is 0 Å². The molecule has 0 heterocycles. The van der Waals surface area contributed by atoms with Crippen LogP contribution in [0.3, 0.4) is 0 Å². The van der Waals surface area contributed by atoms with Crippen molar-refractivity contribution in [2.24, 2.45) is 0 Å². The fraction of sp³-hybridized carbons (Fsp3) is 0.211. The molecule has 0 aliphatic rings. The molecule has 23 heavy (non-hydrogen) atoms. The lowest BCUT2D eigenvalue weighted by atomic mass is 10.1. The van der Waals surface area contributed by atoms with Crippen LogP contribution in [0.5, 0.6) is 17.2 Å². The smallest absolute Gasteiger partial charge is 0.185 e. The van der Waals surface area contributed by atoms with Gasteiger partial charge in [0.2, 0.25) is 0 Å². The van der Waals surface area contributed by atoms with Crippen molar-refractivity contribution in [3.8, 4) is 17.2 Å². The lowest BCUT2D eigenvalue weighted by Crippen LogP contribution is -1.96. The summed E-state index contributed by atoms with van der Waals surface area (Å²) in [4.78, 5) is 12.2. The molecule has 0 atom stereocenters. The molecule has 2 aromatic rings. The van der Waals surface area contributed by atoms with Gasteiger partial charge in [-0.1, -0.05) is 0 Å². The number of carbonyl (C=O) groups is 1. The van der Waals surface area contributed by atoms with Crippen molar-refractivity contribution < 1.29 is 19.0 Å². The molecule has 120 valence electrons. The fourth-order valence-corrected chi connectivity index (χ4v) is 2.11. The van der Waals surface area contributed by atoms with Crippen molar-refractivity contribution in [1.82, 2.24) is 0 Å². The van der Waals surface area contributed by atoms with E-state index < -0.39 is 0 Å². The summed E-state index contributed by atoms with van der Waals surface area (Å²) < 4.78 is 15.9. The van der Waals surface area contributed by atoms with Crippen LogP contribution in [0.15, 0.2) is 48.5 Å². The van der Waals surface area contributed by atoms with Crippen LogP contribution >= 0.6 is 0 Å². The third-order valence-electron chi connectivity index (χ3n) is 3.30. The van der Waals surface area contributed by atoms with E-state index >= 15 is 0 Å². The Morgan fingerprint density at radius 1 is 1.00 bits per heavy atom. The average Bonchev–Trinajstić information content (AvgIpc) is 2.60. The van der Waals surface area contributed by atoms with E-state index in [0.717, 1.165) is 11.3 Å². The molecular weight excluding hydrogens is 292 g/mol. The predicted molar refractivity (Wildman–Crippen MR) is 90.5 cm³/mol. The number of carbonyl (C=O) groups excluding carboxylic acids is 1. The summed E-state index contributed by atoms with van der Waals surface area (Å²) in [5, 5.41) is 0. The van der Waals surface area contributed by atoms with Crippen molar-refractivity contribution in [3.05, 3.63) is 59.7 Å². The zero-order chi connectivity index (χ0) is 16.7. The number of hydrogen-bond acceptors (Lipinski definition) is 4. The molecule has 4 nitrogen and oxygen atoms in total. The summed E-state index contributed by atoms with van der Waals surface area (Å²) in [6.45, 7) is 2.52. The van der Waals surface area contributed by atoms with Gasteiger partial charge in [0.25, 0.3) is 0 Å². The first kappa shape index (κ1) is 16.6. The maximum atomic E-state index is 12.2. The molecular formula is C19H20O4. The minimum Gasteiger partial charge on any atom is -0.497 e. The van der Waals surface area contributed by atoms with Gasteiger partial charge in [0.05, 0.1) is 20.8 Å². The van der Waals surface area contributed by atoms with E-state index in [4.69, 9.17) is 14.2 Å². The Labute approximate surface area is 136 Å². The summed E-state index contributed by atoms with van der Waals surface area (Å²) in [6, 6.07) is 12.5. The monoisotopic (exact) mass is 312 g/mol. The van der Waals surface area contributed by atoms with Crippen LogP contribution < -0.4 is 14.2 Å². The van der Waals surface area contributed by atoms with Gasteiger partial charge in [-0.25, -0.2) is 0 Å². The number of rotatable bonds is 7. The van der Waals surface area contributed by atoms with Crippen molar-refractivity contribution in [2.45, 2.75) is 6.92 Å². The first-order chi connectivity index (χ1) is 11.2. The second kappa shape index (κ2) is 8.03. The highest BCUT2D eigenvalue weighted by molar-refractivity contribution is 6.07. The molecule has 0 aromatic heterocycles. The van der Waals surface area contributed by atoms with E-state index in [0.29, 0.717) is 23.7 Å². The standard InChI is InChI=1S/C19H20O4/c1-4-23-16-8-5-14(6-9-16)18(20)11-7-15-13-17(21-2)10-12-19(15)22-3/h5-13H,4H2,1-3H3. The third kappa shape index (κ3) is 4.36. The summed E-state index contributed by atoms with van der Waals surface area (Å²) in [5.41, 5.74) is 1.39. The minimum absolute atomic E-state index is 0.0853. The van der Waals surface area contributed by atoms with Crippen molar-refractivity contribution in [3.63, 3.8) is 0 Å². The zero-order valence-corrected chi connectivity index (χ0v) is 13.5. The van der Waals surface area contributed by atoms with Crippen molar-refractivity contribution in [1.29, 1.82) is 0 Å². The maximum absolute atomic E-state index is 12.2. The van der Waals surface area contributed by atoms with Gasteiger partial charge in [-0.2, -0.15) is 0 Å². The Morgan fingerprint density at radius 3 is 2.30 bits per heavy atom. The predicted octanol–water partition coefficient (Wildman–Crippen LogP) is 4.00. The second-order valence-electron chi connectivity index (χ2n) is 4.76. The number of ketones is 1. The highest BCUT2D eigenvalue weighted by atomic mass is 16.5. The Hall–Kier alpha value is -2.75. The number of methoxy groups -OCH3 is 2. The Balaban J connectivity index is 2.17. The van der Waals surface area contributed by atoms with Crippen LogP contribution in [-0.2, 0) is 0 Å². The van der Waals surface area contributed by atoms with Crippen LogP contribution in [0.25, 0.3) is 6.08 Å². The van der Waals surface area contributed by atoms with Gasteiger partial charge in [-0.05, 0) is 61.5 Å². The first-order valence-corrected chi connectivity index (χ1v) is 7.35. The SMILES string of the molecule is CCOc1ccc(C(=O)C=Cc2cc(OC)ccc2OC)cc1. The molecule has 0 saturated carbocycles. The average molecular weight is 312 g/mol. The van der Waals surface area contributed by atoms with Gasteiger partial charge < -0.3 is 14.2 Å². The van der Waals surface area contributed by atoms with E-state index in [-0.39, 0.29) is 5.78 Å². The topological polar surface area (TPSA) is 44.8 Å². The van der Waals surface area contributed by atoms with Crippen molar-refractivity contribution in [2.75, 3.05) is 20.8 Å². The normalized spacial score (nSPS) is 10.6. The lowest BCUT2D eigenvalue weighted by molar-refractivity contribution is 0.104. The minimum atomic E-state index is -0.0853. The number of allylic oxidation sites excluding steroid dienone is 1. The molecule has 4 heteroatoms. The highest BCUT2D eigenvalue weighted by Gasteiger charge is 2.05. The Kier molecular flexibility index (Phi) is 5.80.